The number of nitrogens with one attached hydrogen (secondary N) is 2. The van der Waals surface area contributed by atoms with Crippen molar-refractivity contribution < 1.29 is 0 Å². The Kier molecular flexibility index (Phi) is 2.53. The predicted octanol–water partition coefficient (Wildman–Crippen LogP) is 2.42. The van der Waals surface area contributed by atoms with E-state index >= 15 is 0 Å². The van der Waals surface area contributed by atoms with E-state index in [1.807, 2.05) is 0 Å². The van der Waals surface area contributed by atoms with Crippen molar-refractivity contribution in [2.24, 2.45) is 0 Å². The fraction of sp³-hybridized carbons (Fsp3) is 0. The third-order valence-electron chi connectivity index (χ3n) is 2.57. The van der Waals surface area contributed by atoms with E-state index in [0.29, 0.717) is 26.6 Å². The van der Waals surface area contributed by atoms with E-state index in [4.69, 9.17) is 23.8 Å². The van der Waals surface area contributed by atoms with Crippen LogP contribution in [0, 0.1) is 4.77 Å². The molecule has 0 fully saturated rings. The predicted molar refractivity (Wildman–Crippen MR) is 71.9 cm³/mol. The van der Waals surface area contributed by atoms with Crippen molar-refractivity contribution in [3.8, 4) is 5.69 Å². The summed E-state index contributed by atoms with van der Waals surface area (Å²) in [5.74, 6) is 0. The second-order valence-electron chi connectivity index (χ2n) is 3.67. The lowest BCUT2D eigenvalue weighted by Crippen LogP contribution is -2.20. The summed E-state index contributed by atoms with van der Waals surface area (Å²) in [5.41, 5.74) is 1.25. The van der Waals surface area contributed by atoms with Crippen LogP contribution in [0.25, 0.3) is 16.9 Å². The molecule has 3 aromatic rings. The molecule has 0 bridgehead atoms. The number of aromatic amines is 2. The Morgan fingerprint density at radius 1 is 1.28 bits per heavy atom. The molecular formula is C11H7ClN4OS. The van der Waals surface area contributed by atoms with Crippen LogP contribution in [0.2, 0.25) is 5.02 Å². The van der Waals surface area contributed by atoms with Crippen molar-refractivity contribution in [2.75, 3.05) is 0 Å². The van der Waals surface area contributed by atoms with E-state index in [1.165, 1.54) is 10.9 Å². The summed E-state index contributed by atoms with van der Waals surface area (Å²) in [6, 6.07) is 6.87. The molecular weight excluding hydrogens is 272 g/mol. The summed E-state index contributed by atoms with van der Waals surface area (Å²) in [5, 5.41) is 0.601. The molecule has 2 heterocycles. The van der Waals surface area contributed by atoms with Crippen LogP contribution >= 0.6 is 23.8 Å². The Hall–Kier alpha value is -1.92. The number of H-pyrrole nitrogens is 2. The second kappa shape index (κ2) is 4.08. The molecule has 0 atom stereocenters. The lowest BCUT2D eigenvalue weighted by molar-refractivity contribution is 0.934. The number of halogens is 1. The van der Waals surface area contributed by atoms with Crippen molar-refractivity contribution in [3.05, 3.63) is 50.7 Å². The van der Waals surface area contributed by atoms with Crippen LogP contribution in [0.4, 0.5) is 0 Å². The Morgan fingerprint density at radius 2 is 2.00 bits per heavy atom. The summed E-state index contributed by atoms with van der Waals surface area (Å²) in [6.45, 7) is 0. The number of rotatable bonds is 1. The molecule has 5 nitrogen and oxygen atoms in total. The molecule has 0 aliphatic rings. The molecule has 0 spiro atoms. The molecule has 0 radical (unpaired) electrons. The molecule has 0 saturated carbocycles. The lowest BCUT2D eigenvalue weighted by atomic mass is 10.3. The average Bonchev–Trinajstić information content (AvgIpc) is 2.80. The zero-order valence-electron chi connectivity index (χ0n) is 8.98. The van der Waals surface area contributed by atoms with Crippen LogP contribution in [0.15, 0.2) is 35.4 Å². The molecule has 18 heavy (non-hydrogen) atoms. The topological polar surface area (TPSA) is 66.5 Å². The van der Waals surface area contributed by atoms with Crippen LogP contribution in [0.5, 0.6) is 0 Å². The summed E-state index contributed by atoms with van der Waals surface area (Å²) in [4.78, 5) is 21.9. The zero-order chi connectivity index (χ0) is 12.7. The minimum atomic E-state index is -0.242. The maximum absolute atomic E-state index is 12.3. The number of hydrogen-bond acceptors (Lipinski definition) is 3. The van der Waals surface area contributed by atoms with Crippen LogP contribution < -0.4 is 5.56 Å². The monoisotopic (exact) mass is 278 g/mol. The minimum absolute atomic E-state index is 0.242. The normalized spacial score (nSPS) is 10.9. The van der Waals surface area contributed by atoms with Crippen molar-refractivity contribution in [3.63, 3.8) is 0 Å². The smallest absolute Gasteiger partial charge is 0.284 e. The van der Waals surface area contributed by atoms with Gasteiger partial charge in [-0.1, -0.05) is 11.6 Å². The molecule has 0 saturated heterocycles. The lowest BCUT2D eigenvalue weighted by Gasteiger charge is -2.05. The first-order valence-electron chi connectivity index (χ1n) is 5.11. The number of benzene rings is 1. The average molecular weight is 279 g/mol. The van der Waals surface area contributed by atoms with E-state index in [-0.39, 0.29) is 5.56 Å². The van der Waals surface area contributed by atoms with E-state index in [0.717, 1.165) is 0 Å². The van der Waals surface area contributed by atoms with Gasteiger partial charge in [-0.05, 0) is 36.5 Å². The Labute approximate surface area is 111 Å². The van der Waals surface area contributed by atoms with Gasteiger partial charge in [0, 0.05) is 5.02 Å². The van der Waals surface area contributed by atoms with E-state index in [1.54, 1.807) is 24.3 Å². The van der Waals surface area contributed by atoms with Gasteiger partial charge >= 0.3 is 0 Å². The van der Waals surface area contributed by atoms with Gasteiger partial charge in [0.2, 0.25) is 0 Å². The van der Waals surface area contributed by atoms with Gasteiger partial charge in [-0.3, -0.25) is 9.36 Å². The second-order valence-corrected chi connectivity index (χ2v) is 4.50. The van der Waals surface area contributed by atoms with Gasteiger partial charge in [0.15, 0.2) is 10.4 Å². The third-order valence-corrected chi connectivity index (χ3v) is 3.11. The highest BCUT2D eigenvalue weighted by molar-refractivity contribution is 7.71. The maximum atomic E-state index is 12.3. The van der Waals surface area contributed by atoms with E-state index in [2.05, 4.69) is 15.0 Å². The van der Waals surface area contributed by atoms with Gasteiger partial charge < -0.3 is 9.97 Å². The van der Waals surface area contributed by atoms with E-state index < -0.39 is 0 Å². The van der Waals surface area contributed by atoms with Crippen molar-refractivity contribution in [1.82, 2.24) is 19.5 Å². The first-order valence-corrected chi connectivity index (χ1v) is 5.90. The number of aromatic nitrogens is 4. The highest BCUT2D eigenvalue weighted by Gasteiger charge is 2.08. The fourth-order valence-electron chi connectivity index (χ4n) is 1.74. The van der Waals surface area contributed by atoms with Crippen molar-refractivity contribution >= 4 is 35.0 Å². The van der Waals surface area contributed by atoms with Gasteiger partial charge in [0.05, 0.1) is 12.0 Å². The third kappa shape index (κ3) is 1.66. The molecule has 1 aromatic carbocycles. The standard InChI is InChI=1S/C11H7ClN4OS/c12-6-1-3-7(4-2-6)16-10(17)8-9(14-5-13-8)15-11(16)18/h1-5H,(H,13,14)(H,15,18). The highest BCUT2D eigenvalue weighted by Crippen LogP contribution is 2.13. The van der Waals surface area contributed by atoms with Gasteiger partial charge in [0.25, 0.3) is 5.56 Å². The van der Waals surface area contributed by atoms with Gasteiger partial charge in [-0.15, -0.1) is 0 Å². The molecule has 2 aromatic heterocycles. The molecule has 3 rings (SSSR count). The van der Waals surface area contributed by atoms with Gasteiger partial charge in [0.1, 0.15) is 5.52 Å². The quantitative estimate of drug-likeness (QED) is 0.672. The number of hydrogen-bond donors (Lipinski definition) is 2. The summed E-state index contributed by atoms with van der Waals surface area (Å²) in [7, 11) is 0. The van der Waals surface area contributed by atoms with Gasteiger partial charge in [-0.25, -0.2) is 4.98 Å². The number of nitrogens with zero attached hydrogens (tertiary/aromatic N) is 2. The molecule has 90 valence electrons. The molecule has 7 heteroatoms. The highest BCUT2D eigenvalue weighted by atomic mass is 35.5. The first kappa shape index (κ1) is 11.2. The Morgan fingerprint density at radius 3 is 2.72 bits per heavy atom. The Bertz CT molecular complexity index is 831. The van der Waals surface area contributed by atoms with Crippen LogP contribution in [0.1, 0.15) is 0 Å². The summed E-state index contributed by atoms with van der Waals surface area (Å²) in [6.07, 6.45) is 1.45. The number of imidazole rings is 1. The van der Waals surface area contributed by atoms with Crippen LogP contribution in [0.3, 0.4) is 0 Å². The summed E-state index contributed by atoms with van der Waals surface area (Å²) >= 11 is 11.0. The molecule has 0 aliphatic heterocycles. The van der Waals surface area contributed by atoms with Crippen LogP contribution in [-0.2, 0) is 0 Å². The summed E-state index contributed by atoms with van der Waals surface area (Å²) < 4.78 is 1.69. The molecule has 2 N–H and O–H groups in total. The molecule has 0 aliphatic carbocycles. The molecule has 0 amide bonds. The zero-order valence-corrected chi connectivity index (χ0v) is 10.5. The van der Waals surface area contributed by atoms with Crippen molar-refractivity contribution in [1.29, 1.82) is 0 Å². The Balaban J connectivity index is 2.38. The van der Waals surface area contributed by atoms with Crippen LogP contribution in [-0.4, -0.2) is 19.5 Å². The SMILES string of the molecule is O=c1c2[nH]cnc2[nH]c(=S)n1-c1ccc(Cl)cc1. The first-order chi connectivity index (χ1) is 8.66. The van der Waals surface area contributed by atoms with E-state index in [9.17, 15) is 4.79 Å². The minimum Gasteiger partial charge on any atom is -0.339 e. The largest absolute Gasteiger partial charge is 0.339 e. The maximum Gasteiger partial charge on any atom is 0.284 e. The molecule has 0 unspecified atom stereocenters. The number of fused-ring (bicyclic) bond motifs is 1. The van der Waals surface area contributed by atoms with Gasteiger partial charge in [-0.2, -0.15) is 0 Å². The fourth-order valence-corrected chi connectivity index (χ4v) is 2.15. The van der Waals surface area contributed by atoms with Crippen molar-refractivity contribution in [2.45, 2.75) is 0 Å².